The van der Waals surface area contributed by atoms with Crippen LogP contribution in [0.2, 0.25) is 0 Å². The Morgan fingerprint density at radius 3 is 2.28 bits per heavy atom. The van der Waals surface area contributed by atoms with Crippen molar-refractivity contribution in [2.24, 2.45) is 11.3 Å². The molecule has 5 saturated heterocycles. The quantitative estimate of drug-likeness (QED) is 0.166. The predicted octanol–water partition coefficient (Wildman–Crippen LogP) is 6.32. The molecule has 4 aromatic carbocycles. The van der Waals surface area contributed by atoms with Gasteiger partial charge in [0.1, 0.15) is 35.9 Å². The summed E-state index contributed by atoms with van der Waals surface area (Å²) in [6.45, 7) is 8.17. The van der Waals surface area contributed by atoms with Gasteiger partial charge in [0.2, 0.25) is 11.8 Å². The van der Waals surface area contributed by atoms with Crippen LogP contribution in [0, 0.1) is 28.5 Å². The summed E-state index contributed by atoms with van der Waals surface area (Å²) in [6, 6.07) is 22.8. The molecule has 0 aliphatic carbocycles. The fraction of sp³-hybridized carbons (Fsp3) is 0.412. The maximum absolute atomic E-state index is 15.1. The standard InChI is InChI=1S/C51H51F2N9O5/c52-34-15-20-60(28-34)44-10-8-42(53)47(41(44)25-54)67-38-6-9-43-40(24-38)50(66)62(31-55-43)36-3-1-35(2-4-36)59-21-16-51(17-22-59)29-57(30-51)26-32-13-18-58(19-14-32)37-5-7-39-33(23-37)27-61(49(39)65)45-11-12-46(63)56-48(45)64/h1-10,23-24,31-32,34,45H,11-22,26-30H2,(H,56,63,64)/t34-,45+/m1/s1. The van der Waals surface area contributed by atoms with Gasteiger partial charge in [0.15, 0.2) is 11.6 Å². The van der Waals surface area contributed by atoms with Crippen molar-refractivity contribution in [3.63, 3.8) is 0 Å². The van der Waals surface area contributed by atoms with Crippen molar-refractivity contribution in [1.82, 2.24) is 24.7 Å². The van der Waals surface area contributed by atoms with Gasteiger partial charge >= 0.3 is 0 Å². The number of fused-ring (bicyclic) bond motifs is 2. The van der Waals surface area contributed by atoms with Crippen LogP contribution in [-0.4, -0.2) is 108 Å². The molecular weight excluding hydrogens is 857 g/mol. The first-order chi connectivity index (χ1) is 32.5. The summed E-state index contributed by atoms with van der Waals surface area (Å²) in [4.78, 5) is 66.5. The minimum atomic E-state index is -1.02. The van der Waals surface area contributed by atoms with E-state index in [9.17, 15) is 28.8 Å². The molecule has 6 aliphatic rings. The van der Waals surface area contributed by atoms with Crippen molar-refractivity contribution >= 4 is 45.7 Å². The second-order valence-electron chi connectivity index (χ2n) is 19.3. The van der Waals surface area contributed by atoms with Crippen molar-refractivity contribution in [3.8, 4) is 23.3 Å². The Morgan fingerprint density at radius 2 is 1.55 bits per heavy atom. The highest BCUT2D eigenvalue weighted by atomic mass is 19.1. The lowest BCUT2D eigenvalue weighted by Gasteiger charge is -2.55. The lowest BCUT2D eigenvalue weighted by molar-refractivity contribution is -0.136. The van der Waals surface area contributed by atoms with Crippen LogP contribution >= 0.6 is 0 Å². The Balaban J connectivity index is 0.667. The number of likely N-dealkylation sites (tertiary alicyclic amines) is 1. The molecule has 5 aromatic rings. The van der Waals surface area contributed by atoms with Gasteiger partial charge in [-0.1, -0.05) is 0 Å². The summed E-state index contributed by atoms with van der Waals surface area (Å²) in [7, 11) is 0. The number of rotatable bonds is 9. The van der Waals surface area contributed by atoms with E-state index in [1.807, 2.05) is 42.5 Å². The zero-order chi connectivity index (χ0) is 46.0. The highest BCUT2D eigenvalue weighted by Gasteiger charge is 2.45. The molecule has 0 unspecified atom stereocenters. The SMILES string of the molecule is N#Cc1c(N2CC[C@@H](F)C2)ccc(F)c1Oc1ccc2ncn(-c3ccc(N4CCC5(CC4)CN(CC4CCN(c6ccc7c(c6)CN([C@H]6CCC(=O)NC6=O)C7=O)CC4)C5)cc3)c(=O)c2c1. The van der Waals surface area contributed by atoms with Crippen LogP contribution in [0.4, 0.5) is 25.8 Å². The number of carbonyl (C=O) groups is 3. The van der Waals surface area contributed by atoms with Gasteiger partial charge in [-0.15, -0.1) is 0 Å². The van der Waals surface area contributed by atoms with Crippen molar-refractivity contribution < 1.29 is 27.9 Å². The minimum Gasteiger partial charge on any atom is -0.453 e. The number of alkyl halides is 1. The van der Waals surface area contributed by atoms with Gasteiger partial charge < -0.3 is 29.2 Å². The average Bonchev–Trinajstić information content (AvgIpc) is 3.91. The Bertz CT molecular complexity index is 2900. The highest BCUT2D eigenvalue weighted by molar-refractivity contribution is 6.05. The summed E-state index contributed by atoms with van der Waals surface area (Å²) < 4.78 is 36.5. The molecule has 5 fully saturated rings. The number of anilines is 3. The van der Waals surface area contributed by atoms with E-state index in [0.29, 0.717) is 59.7 Å². The first-order valence-corrected chi connectivity index (χ1v) is 23.4. The van der Waals surface area contributed by atoms with E-state index in [0.717, 1.165) is 88.4 Å². The van der Waals surface area contributed by atoms with Crippen LogP contribution in [0.5, 0.6) is 11.5 Å². The number of carbonyl (C=O) groups excluding carboxylic acids is 3. The van der Waals surface area contributed by atoms with Crippen molar-refractivity contribution in [3.05, 3.63) is 112 Å². The summed E-state index contributed by atoms with van der Waals surface area (Å²) in [5.74, 6) is -1.00. The number of nitrogens with one attached hydrogen (secondary N) is 1. The zero-order valence-corrected chi connectivity index (χ0v) is 37.1. The molecule has 0 radical (unpaired) electrons. The number of benzene rings is 4. The number of ether oxygens (including phenoxy) is 1. The van der Waals surface area contributed by atoms with Crippen molar-refractivity contribution in [2.75, 3.05) is 73.6 Å². The van der Waals surface area contributed by atoms with Gasteiger partial charge in [-0.25, -0.2) is 13.8 Å². The van der Waals surface area contributed by atoms with E-state index in [-0.39, 0.29) is 58.7 Å². The van der Waals surface area contributed by atoms with Gasteiger partial charge in [0.25, 0.3) is 11.5 Å². The Morgan fingerprint density at radius 1 is 0.821 bits per heavy atom. The Labute approximate surface area is 386 Å². The zero-order valence-electron chi connectivity index (χ0n) is 37.1. The molecule has 1 aromatic heterocycles. The molecule has 16 heteroatoms. The number of amides is 3. The van der Waals surface area contributed by atoms with Crippen LogP contribution in [-0.2, 0) is 16.1 Å². The fourth-order valence-electron chi connectivity index (χ4n) is 11.3. The summed E-state index contributed by atoms with van der Waals surface area (Å²) in [6.07, 6.45) is 5.91. The van der Waals surface area contributed by atoms with Gasteiger partial charge in [0, 0.05) is 88.8 Å². The van der Waals surface area contributed by atoms with Gasteiger partial charge in [-0.2, -0.15) is 5.26 Å². The highest BCUT2D eigenvalue weighted by Crippen LogP contribution is 2.43. The van der Waals surface area contributed by atoms with Crippen LogP contribution in [0.15, 0.2) is 83.9 Å². The molecule has 1 N–H and O–H groups in total. The average molecular weight is 908 g/mol. The molecule has 6 aliphatic heterocycles. The smallest absolute Gasteiger partial charge is 0.265 e. The molecular formula is C51H51F2N9O5. The molecule has 0 bridgehead atoms. The Kier molecular flexibility index (Phi) is 10.9. The number of piperidine rings is 3. The second-order valence-corrected chi connectivity index (χ2v) is 19.3. The largest absolute Gasteiger partial charge is 0.453 e. The lowest BCUT2D eigenvalue weighted by atomic mass is 9.71. The van der Waals surface area contributed by atoms with Gasteiger partial charge in [-0.3, -0.25) is 29.1 Å². The van der Waals surface area contributed by atoms with Crippen LogP contribution < -0.4 is 30.3 Å². The van der Waals surface area contributed by atoms with Crippen LogP contribution in [0.25, 0.3) is 16.6 Å². The third-order valence-corrected chi connectivity index (χ3v) is 15.1. The Hall–Kier alpha value is -6.86. The fourth-order valence-corrected chi connectivity index (χ4v) is 11.3. The maximum atomic E-state index is 15.1. The first-order valence-electron chi connectivity index (χ1n) is 23.4. The summed E-state index contributed by atoms with van der Waals surface area (Å²) in [5, 5.41) is 12.6. The van der Waals surface area contributed by atoms with Crippen LogP contribution in [0.3, 0.4) is 0 Å². The molecule has 2 atom stereocenters. The number of hydrogen-bond acceptors (Lipinski definition) is 11. The summed E-state index contributed by atoms with van der Waals surface area (Å²) >= 11 is 0. The number of aromatic nitrogens is 2. The molecule has 67 heavy (non-hydrogen) atoms. The second kappa shape index (κ2) is 17.1. The van der Waals surface area contributed by atoms with E-state index in [2.05, 4.69) is 31.1 Å². The van der Waals surface area contributed by atoms with Crippen LogP contribution in [0.1, 0.15) is 66.4 Å². The van der Waals surface area contributed by atoms with Gasteiger partial charge in [-0.05, 0) is 128 Å². The van der Waals surface area contributed by atoms with E-state index in [1.165, 1.54) is 29.1 Å². The number of halogens is 2. The van der Waals surface area contributed by atoms with Crippen molar-refractivity contribution in [1.29, 1.82) is 5.26 Å². The topological polar surface area (TPSA) is 147 Å². The molecule has 344 valence electrons. The third kappa shape index (κ3) is 8.02. The molecule has 11 rings (SSSR count). The number of hydrogen-bond donors (Lipinski definition) is 1. The molecule has 3 amide bonds. The molecule has 14 nitrogen and oxygen atoms in total. The van der Waals surface area contributed by atoms with E-state index in [4.69, 9.17) is 4.74 Å². The van der Waals surface area contributed by atoms with Gasteiger partial charge in [0.05, 0.1) is 22.3 Å². The van der Waals surface area contributed by atoms with E-state index < -0.39 is 18.0 Å². The van der Waals surface area contributed by atoms with E-state index in [1.54, 1.807) is 21.9 Å². The normalized spacial score (nSPS) is 22.0. The predicted molar refractivity (Wildman–Crippen MR) is 248 cm³/mol. The minimum absolute atomic E-state index is 0.0279. The first kappa shape index (κ1) is 42.8. The van der Waals surface area contributed by atoms with Crippen molar-refractivity contribution in [2.45, 2.75) is 63.7 Å². The maximum Gasteiger partial charge on any atom is 0.265 e. The molecule has 1 spiro atoms. The molecule has 7 heterocycles. The monoisotopic (exact) mass is 907 g/mol. The van der Waals surface area contributed by atoms with E-state index >= 15 is 4.39 Å². The lowest BCUT2D eigenvalue weighted by Crippen LogP contribution is -2.61. The number of nitriles is 1. The summed E-state index contributed by atoms with van der Waals surface area (Å²) in [5.41, 5.74) is 5.33. The third-order valence-electron chi connectivity index (χ3n) is 15.1. The molecule has 0 saturated carbocycles. The number of imide groups is 1. The number of nitrogens with zero attached hydrogens (tertiary/aromatic N) is 8.